The Morgan fingerprint density at radius 3 is 2.25 bits per heavy atom. The molecule has 0 bridgehead atoms. The van der Waals surface area contributed by atoms with Crippen LogP contribution in [0.1, 0.15) is 16.7 Å². The fourth-order valence-corrected chi connectivity index (χ4v) is 2.49. The molecule has 0 saturated heterocycles. The standard InChI is InChI=1S/C20H16F3N5/c1-13-3-7-15(8-4-13)26-18-17(20(21,22)23)12-25-19(27-18)28(2)16-9-5-14(11-24)6-10-16/h3-10,12H,1-2H3,(H,25,26,27). The Morgan fingerprint density at radius 2 is 1.68 bits per heavy atom. The molecule has 0 aliphatic heterocycles. The molecule has 28 heavy (non-hydrogen) atoms. The van der Waals surface area contributed by atoms with Crippen molar-refractivity contribution < 1.29 is 13.2 Å². The Kier molecular flexibility index (Phi) is 5.18. The first-order valence-corrected chi connectivity index (χ1v) is 8.30. The highest BCUT2D eigenvalue weighted by Gasteiger charge is 2.35. The normalized spacial score (nSPS) is 11.0. The Hall–Kier alpha value is -3.60. The van der Waals surface area contributed by atoms with Gasteiger partial charge in [0.1, 0.15) is 11.4 Å². The minimum atomic E-state index is -4.60. The molecule has 0 amide bonds. The molecule has 0 radical (unpaired) electrons. The van der Waals surface area contributed by atoms with Crippen LogP contribution in [0.3, 0.4) is 0 Å². The Bertz CT molecular complexity index is 1010. The van der Waals surface area contributed by atoms with Gasteiger partial charge in [-0.1, -0.05) is 17.7 Å². The molecule has 1 heterocycles. The number of nitrogens with zero attached hydrogens (tertiary/aromatic N) is 4. The molecule has 8 heteroatoms. The lowest BCUT2D eigenvalue weighted by atomic mass is 10.2. The van der Waals surface area contributed by atoms with E-state index >= 15 is 0 Å². The van der Waals surface area contributed by atoms with Crippen molar-refractivity contribution in [2.45, 2.75) is 13.1 Å². The van der Waals surface area contributed by atoms with E-state index in [0.29, 0.717) is 16.9 Å². The lowest BCUT2D eigenvalue weighted by Gasteiger charge is -2.20. The van der Waals surface area contributed by atoms with Gasteiger partial charge in [0.2, 0.25) is 5.95 Å². The molecule has 0 spiro atoms. The fourth-order valence-electron chi connectivity index (χ4n) is 2.49. The van der Waals surface area contributed by atoms with E-state index in [0.717, 1.165) is 11.8 Å². The van der Waals surface area contributed by atoms with Gasteiger partial charge in [0.25, 0.3) is 0 Å². The summed E-state index contributed by atoms with van der Waals surface area (Å²) >= 11 is 0. The van der Waals surface area contributed by atoms with Crippen LogP contribution in [-0.2, 0) is 6.18 Å². The van der Waals surface area contributed by atoms with Gasteiger partial charge in [-0.25, -0.2) is 4.98 Å². The third-order valence-corrected chi connectivity index (χ3v) is 4.08. The first kappa shape index (κ1) is 19.2. The number of halogens is 3. The molecule has 1 aromatic heterocycles. The van der Waals surface area contributed by atoms with Crippen molar-refractivity contribution in [1.29, 1.82) is 5.26 Å². The number of nitriles is 1. The number of benzene rings is 2. The zero-order chi connectivity index (χ0) is 20.3. The first-order chi connectivity index (χ1) is 13.3. The highest BCUT2D eigenvalue weighted by molar-refractivity contribution is 5.64. The lowest BCUT2D eigenvalue weighted by molar-refractivity contribution is -0.137. The van der Waals surface area contributed by atoms with Crippen LogP contribution in [0.5, 0.6) is 0 Å². The lowest BCUT2D eigenvalue weighted by Crippen LogP contribution is -2.17. The second-order valence-corrected chi connectivity index (χ2v) is 6.14. The van der Waals surface area contributed by atoms with Crippen molar-refractivity contribution in [1.82, 2.24) is 9.97 Å². The summed E-state index contributed by atoms with van der Waals surface area (Å²) < 4.78 is 40.2. The van der Waals surface area contributed by atoms with E-state index in [1.807, 2.05) is 13.0 Å². The summed E-state index contributed by atoms with van der Waals surface area (Å²) in [4.78, 5) is 9.51. The molecule has 0 aliphatic rings. The molecular formula is C20H16F3N5. The average molecular weight is 383 g/mol. The van der Waals surface area contributed by atoms with Gasteiger partial charge in [0.05, 0.1) is 11.6 Å². The van der Waals surface area contributed by atoms with Crippen molar-refractivity contribution in [3.63, 3.8) is 0 Å². The molecule has 0 unspecified atom stereocenters. The predicted molar refractivity (Wildman–Crippen MR) is 101 cm³/mol. The average Bonchev–Trinajstić information content (AvgIpc) is 2.68. The number of anilines is 4. The smallest absolute Gasteiger partial charge is 0.340 e. The third-order valence-electron chi connectivity index (χ3n) is 4.08. The fraction of sp³-hybridized carbons (Fsp3) is 0.150. The van der Waals surface area contributed by atoms with Gasteiger partial charge in [-0.2, -0.15) is 23.4 Å². The molecule has 142 valence electrons. The summed E-state index contributed by atoms with van der Waals surface area (Å²) in [6, 6.07) is 15.5. The zero-order valence-electron chi connectivity index (χ0n) is 15.1. The molecule has 0 atom stereocenters. The van der Waals surface area contributed by atoms with E-state index in [9.17, 15) is 13.2 Å². The van der Waals surface area contributed by atoms with Crippen molar-refractivity contribution in [2.75, 3.05) is 17.3 Å². The number of alkyl halides is 3. The maximum absolute atomic E-state index is 13.4. The van der Waals surface area contributed by atoms with Crippen molar-refractivity contribution in [2.24, 2.45) is 0 Å². The SMILES string of the molecule is Cc1ccc(Nc2nc(N(C)c3ccc(C#N)cc3)ncc2C(F)(F)F)cc1. The van der Waals surface area contributed by atoms with E-state index in [2.05, 4.69) is 15.3 Å². The largest absolute Gasteiger partial charge is 0.421 e. The first-order valence-electron chi connectivity index (χ1n) is 8.30. The summed E-state index contributed by atoms with van der Waals surface area (Å²) in [5.74, 6) is -0.242. The van der Waals surface area contributed by atoms with Crippen molar-refractivity contribution in [3.05, 3.63) is 71.4 Å². The van der Waals surface area contributed by atoms with Gasteiger partial charge >= 0.3 is 6.18 Å². The molecule has 0 saturated carbocycles. The topological polar surface area (TPSA) is 64.8 Å². The van der Waals surface area contributed by atoms with E-state index < -0.39 is 11.7 Å². The summed E-state index contributed by atoms with van der Waals surface area (Å²) in [6.45, 7) is 1.89. The number of nitrogens with one attached hydrogen (secondary N) is 1. The molecule has 0 fully saturated rings. The highest BCUT2D eigenvalue weighted by atomic mass is 19.4. The third kappa shape index (κ3) is 4.20. The van der Waals surface area contributed by atoms with Crippen LogP contribution >= 0.6 is 0 Å². The van der Waals surface area contributed by atoms with Gasteiger partial charge < -0.3 is 10.2 Å². The molecule has 5 nitrogen and oxygen atoms in total. The number of aromatic nitrogens is 2. The maximum Gasteiger partial charge on any atom is 0.421 e. The number of hydrogen-bond acceptors (Lipinski definition) is 5. The Balaban J connectivity index is 1.98. The monoisotopic (exact) mass is 383 g/mol. The Morgan fingerprint density at radius 1 is 1.04 bits per heavy atom. The number of hydrogen-bond donors (Lipinski definition) is 1. The van der Waals surface area contributed by atoms with Gasteiger partial charge in [-0.3, -0.25) is 0 Å². The van der Waals surface area contributed by atoms with E-state index in [-0.39, 0.29) is 11.8 Å². The molecule has 3 rings (SSSR count). The van der Waals surface area contributed by atoms with Crippen molar-refractivity contribution in [3.8, 4) is 6.07 Å². The van der Waals surface area contributed by atoms with Gasteiger partial charge in [-0.05, 0) is 43.3 Å². The summed E-state index contributed by atoms with van der Waals surface area (Å²) in [6.07, 6.45) is -3.84. The van der Waals surface area contributed by atoms with Crippen molar-refractivity contribution >= 4 is 23.1 Å². The van der Waals surface area contributed by atoms with Crippen LogP contribution in [0.25, 0.3) is 0 Å². The predicted octanol–water partition coefficient (Wildman–Crippen LogP) is 5.19. The quantitative estimate of drug-likeness (QED) is 0.672. The highest BCUT2D eigenvalue weighted by Crippen LogP contribution is 2.36. The maximum atomic E-state index is 13.4. The van der Waals surface area contributed by atoms with E-state index in [1.165, 1.54) is 0 Å². The van der Waals surface area contributed by atoms with E-state index in [1.54, 1.807) is 60.5 Å². The van der Waals surface area contributed by atoms with Crippen LogP contribution < -0.4 is 10.2 Å². The Labute approximate surface area is 160 Å². The van der Waals surface area contributed by atoms with Crippen LogP contribution in [0.15, 0.2) is 54.7 Å². The summed E-state index contributed by atoms with van der Waals surface area (Å²) in [5.41, 5.74) is 1.64. The molecule has 3 aromatic rings. The summed E-state index contributed by atoms with van der Waals surface area (Å²) in [5, 5.41) is 11.6. The molecule has 1 N–H and O–H groups in total. The van der Waals surface area contributed by atoms with Crippen LogP contribution in [0.2, 0.25) is 0 Å². The molecule has 0 aliphatic carbocycles. The van der Waals surface area contributed by atoms with Crippen LogP contribution in [0, 0.1) is 18.3 Å². The molecule has 2 aromatic carbocycles. The minimum Gasteiger partial charge on any atom is -0.340 e. The van der Waals surface area contributed by atoms with E-state index in [4.69, 9.17) is 5.26 Å². The molecular weight excluding hydrogens is 367 g/mol. The zero-order valence-corrected chi connectivity index (χ0v) is 15.1. The van der Waals surface area contributed by atoms with Crippen LogP contribution in [0.4, 0.5) is 36.3 Å². The van der Waals surface area contributed by atoms with Gasteiger partial charge in [0, 0.05) is 24.6 Å². The van der Waals surface area contributed by atoms with Gasteiger partial charge in [-0.15, -0.1) is 0 Å². The second kappa shape index (κ2) is 7.56. The van der Waals surface area contributed by atoms with Gasteiger partial charge in [0.15, 0.2) is 0 Å². The number of aryl methyl sites for hydroxylation is 1. The minimum absolute atomic E-state index is 0.0901. The number of rotatable bonds is 4. The van der Waals surface area contributed by atoms with Crippen LogP contribution in [-0.4, -0.2) is 17.0 Å². The second-order valence-electron chi connectivity index (χ2n) is 6.14. The summed E-state index contributed by atoms with van der Waals surface area (Å²) in [7, 11) is 1.64.